The zero-order chi connectivity index (χ0) is 14.1. The van der Waals surface area contributed by atoms with Crippen molar-refractivity contribution in [2.75, 3.05) is 19.5 Å². The predicted molar refractivity (Wildman–Crippen MR) is 76.4 cm³/mol. The first-order chi connectivity index (χ1) is 9.19. The molecule has 0 unspecified atom stereocenters. The molecular formula is C15H23NO3. The Morgan fingerprint density at radius 1 is 1.21 bits per heavy atom. The highest BCUT2D eigenvalue weighted by Crippen LogP contribution is 2.22. The second kappa shape index (κ2) is 8.40. The number of benzene rings is 1. The molecule has 106 valence electrons. The van der Waals surface area contributed by atoms with Gasteiger partial charge in [0, 0.05) is 0 Å². The van der Waals surface area contributed by atoms with E-state index in [1.165, 1.54) is 26.4 Å². The fourth-order valence-electron chi connectivity index (χ4n) is 1.79. The Morgan fingerprint density at radius 3 is 2.63 bits per heavy atom. The monoisotopic (exact) mass is 265 g/mol. The lowest BCUT2D eigenvalue weighted by Gasteiger charge is -2.08. The van der Waals surface area contributed by atoms with E-state index >= 15 is 0 Å². The molecule has 0 spiro atoms. The van der Waals surface area contributed by atoms with Crippen LogP contribution in [-0.4, -0.2) is 19.7 Å². The maximum atomic E-state index is 11.8. The molecule has 0 saturated carbocycles. The number of nitrogens with two attached hydrogens (primary N) is 1. The van der Waals surface area contributed by atoms with Crippen molar-refractivity contribution in [3.8, 4) is 5.75 Å². The number of carbonyl (C=O) groups excluding carboxylic acids is 1. The SMILES string of the molecule is CCCCCCCOC(=O)c1ccc(N)c(OC)c1. The molecule has 0 saturated heterocycles. The number of hydrogen-bond donors (Lipinski definition) is 1. The van der Waals surface area contributed by atoms with Gasteiger partial charge in [0.05, 0.1) is 25.0 Å². The molecule has 4 heteroatoms. The van der Waals surface area contributed by atoms with Crippen molar-refractivity contribution < 1.29 is 14.3 Å². The number of ether oxygens (including phenoxy) is 2. The molecule has 0 heterocycles. The summed E-state index contributed by atoms with van der Waals surface area (Å²) in [4.78, 5) is 11.8. The molecule has 0 bridgehead atoms. The van der Waals surface area contributed by atoms with Crippen molar-refractivity contribution in [1.29, 1.82) is 0 Å². The molecule has 0 aliphatic carbocycles. The van der Waals surface area contributed by atoms with Gasteiger partial charge in [-0.1, -0.05) is 32.6 Å². The molecule has 4 nitrogen and oxygen atoms in total. The summed E-state index contributed by atoms with van der Waals surface area (Å²) in [5.41, 5.74) is 6.68. The second-order valence-corrected chi connectivity index (χ2v) is 4.51. The van der Waals surface area contributed by atoms with Crippen molar-refractivity contribution >= 4 is 11.7 Å². The van der Waals surface area contributed by atoms with E-state index in [0.717, 1.165) is 12.8 Å². The molecule has 0 aliphatic heterocycles. The van der Waals surface area contributed by atoms with E-state index in [1.54, 1.807) is 18.2 Å². The third kappa shape index (κ3) is 5.20. The Balaban J connectivity index is 2.37. The van der Waals surface area contributed by atoms with Gasteiger partial charge in [-0.3, -0.25) is 0 Å². The van der Waals surface area contributed by atoms with Gasteiger partial charge in [0.1, 0.15) is 5.75 Å². The van der Waals surface area contributed by atoms with E-state index in [4.69, 9.17) is 15.2 Å². The highest BCUT2D eigenvalue weighted by Gasteiger charge is 2.09. The summed E-state index contributed by atoms with van der Waals surface area (Å²) in [7, 11) is 1.52. The fourth-order valence-corrected chi connectivity index (χ4v) is 1.79. The van der Waals surface area contributed by atoms with Gasteiger partial charge in [0.15, 0.2) is 0 Å². The smallest absolute Gasteiger partial charge is 0.338 e. The van der Waals surface area contributed by atoms with Gasteiger partial charge in [-0.2, -0.15) is 0 Å². The van der Waals surface area contributed by atoms with Crippen molar-refractivity contribution in [1.82, 2.24) is 0 Å². The highest BCUT2D eigenvalue weighted by atomic mass is 16.5. The number of methoxy groups -OCH3 is 1. The van der Waals surface area contributed by atoms with Gasteiger partial charge >= 0.3 is 5.97 Å². The van der Waals surface area contributed by atoms with Crippen LogP contribution in [0.1, 0.15) is 49.4 Å². The van der Waals surface area contributed by atoms with Crippen LogP contribution in [0.2, 0.25) is 0 Å². The van der Waals surface area contributed by atoms with Gasteiger partial charge in [-0.25, -0.2) is 4.79 Å². The van der Waals surface area contributed by atoms with Crippen LogP contribution in [-0.2, 0) is 4.74 Å². The van der Waals surface area contributed by atoms with Crippen molar-refractivity contribution in [3.05, 3.63) is 23.8 Å². The standard InChI is InChI=1S/C15H23NO3/c1-3-4-5-6-7-10-19-15(17)12-8-9-13(16)14(11-12)18-2/h8-9,11H,3-7,10,16H2,1-2H3. The van der Waals surface area contributed by atoms with E-state index in [-0.39, 0.29) is 5.97 Å². The average molecular weight is 265 g/mol. The Bertz CT molecular complexity index is 404. The number of esters is 1. The molecular weight excluding hydrogens is 242 g/mol. The molecule has 1 rings (SSSR count). The molecule has 0 aromatic heterocycles. The minimum Gasteiger partial charge on any atom is -0.495 e. The lowest BCUT2D eigenvalue weighted by molar-refractivity contribution is 0.0497. The summed E-state index contributed by atoms with van der Waals surface area (Å²) in [6, 6.07) is 4.91. The van der Waals surface area contributed by atoms with Crippen molar-refractivity contribution in [3.63, 3.8) is 0 Å². The maximum Gasteiger partial charge on any atom is 0.338 e. The average Bonchev–Trinajstić information content (AvgIpc) is 2.43. The summed E-state index contributed by atoms with van der Waals surface area (Å²) in [5, 5.41) is 0. The van der Waals surface area contributed by atoms with Crippen LogP contribution in [0.3, 0.4) is 0 Å². The first-order valence-electron chi connectivity index (χ1n) is 6.79. The summed E-state index contributed by atoms with van der Waals surface area (Å²) in [6.07, 6.45) is 5.67. The Hall–Kier alpha value is -1.71. The molecule has 0 fully saturated rings. The molecule has 19 heavy (non-hydrogen) atoms. The molecule has 0 atom stereocenters. The van der Waals surface area contributed by atoms with E-state index in [0.29, 0.717) is 23.6 Å². The third-order valence-electron chi connectivity index (χ3n) is 2.95. The highest BCUT2D eigenvalue weighted by molar-refractivity contribution is 5.90. The second-order valence-electron chi connectivity index (χ2n) is 4.51. The molecule has 1 aromatic rings. The minimum absolute atomic E-state index is 0.325. The van der Waals surface area contributed by atoms with E-state index < -0.39 is 0 Å². The van der Waals surface area contributed by atoms with Gasteiger partial charge in [0.2, 0.25) is 0 Å². The summed E-state index contributed by atoms with van der Waals surface area (Å²) < 4.78 is 10.3. The number of rotatable bonds is 8. The zero-order valence-corrected chi connectivity index (χ0v) is 11.8. The van der Waals surface area contributed by atoms with Gasteiger partial charge < -0.3 is 15.2 Å². The van der Waals surface area contributed by atoms with Crippen LogP contribution in [0.25, 0.3) is 0 Å². The lowest BCUT2D eigenvalue weighted by atomic mass is 10.1. The number of unbranched alkanes of at least 4 members (excludes halogenated alkanes) is 4. The summed E-state index contributed by atoms with van der Waals surface area (Å²) >= 11 is 0. The lowest BCUT2D eigenvalue weighted by Crippen LogP contribution is -2.07. The predicted octanol–water partition coefficient (Wildman–Crippen LogP) is 3.40. The van der Waals surface area contributed by atoms with Crippen molar-refractivity contribution in [2.24, 2.45) is 0 Å². The van der Waals surface area contributed by atoms with Crippen LogP contribution in [0, 0.1) is 0 Å². The third-order valence-corrected chi connectivity index (χ3v) is 2.95. The van der Waals surface area contributed by atoms with Crippen LogP contribution >= 0.6 is 0 Å². The van der Waals surface area contributed by atoms with Crippen LogP contribution in [0.5, 0.6) is 5.75 Å². The number of anilines is 1. The number of hydrogen-bond acceptors (Lipinski definition) is 4. The quantitative estimate of drug-likeness (QED) is 0.444. The molecule has 2 N–H and O–H groups in total. The largest absolute Gasteiger partial charge is 0.495 e. The van der Waals surface area contributed by atoms with Crippen LogP contribution < -0.4 is 10.5 Å². The summed E-state index contributed by atoms with van der Waals surface area (Å²) in [5.74, 6) is 0.172. The molecule has 0 amide bonds. The Kier molecular flexibility index (Phi) is 6.79. The van der Waals surface area contributed by atoms with E-state index in [9.17, 15) is 4.79 Å². The Morgan fingerprint density at radius 2 is 1.95 bits per heavy atom. The van der Waals surface area contributed by atoms with E-state index in [2.05, 4.69) is 6.92 Å². The van der Waals surface area contributed by atoms with Gasteiger partial charge in [-0.15, -0.1) is 0 Å². The molecule has 1 aromatic carbocycles. The first kappa shape index (κ1) is 15.3. The maximum absolute atomic E-state index is 11.8. The van der Waals surface area contributed by atoms with Gasteiger partial charge in [-0.05, 0) is 24.6 Å². The fraction of sp³-hybridized carbons (Fsp3) is 0.533. The number of carbonyl (C=O) groups is 1. The molecule has 0 radical (unpaired) electrons. The number of nitrogen functional groups attached to an aromatic ring is 1. The zero-order valence-electron chi connectivity index (χ0n) is 11.8. The van der Waals surface area contributed by atoms with Crippen molar-refractivity contribution in [2.45, 2.75) is 39.0 Å². The van der Waals surface area contributed by atoms with Crippen LogP contribution in [0.4, 0.5) is 5.69 Å². The summed E-state index contributed by atoms with van der Waals surface area (Å²) in [6.45, 7) is 2.64. The molecule has 0 aliphatic rings. The topological polar surface area (TPSA) is 61.5 Å². The minimum atomic E-state index is -0.325. The van der Waals surface area contributed by atoms with Crippen LogP contribution in [0.15, 0.2) is 18.2 Å². The normalized spacial score (nSPS) is 10.2. The van der Waals surface area contributed by atoms with Gasteiger partial charge in [0.25, 0.3) is 0 Å². The first-order valence-corrected chi connectivity index (χ1v) is 6.79. The van der Waals surface area contributed by atoms with E-state index in [1.807, 2.05) is 0 Å². The Labute approximate surface area is 114 Å².